The Hall–Kier alpha value is -1.06. The van der Waals surface area contributed by atoms with E-state index in [-0.39, 0.29) is 11.9 Å². The van der Waals surface area contributed by atoms with E-state index in [1.165, 1.54) is 0 Å². The number of amides is 1. The van der Waals surface area contributed by atoms with Crippen molar-refractivity contribution in [3.8, 4) is 0 Å². The lowest BCUT2D eigenvalue weighted by atomic mass is 10.0. The molecular formula is C15H21ClN2O. The average molecular weight is 281 g/mol. The highest BCUT2D eigenvalue weighted by Gasteiger charge is 2.28. The Bertz CT molecular complexity index is 430. The summed E-state index contributed by atoms with van der Waals surface area (Å²) in [6, 6.07) is 7.41. The van der Waals surface area contributed by atoms with E-state index in [2.05, 4.69) is 19.2 Å². The topological polar surface area (TPSA) is 32.3 Å². The van der Waals surface area contributed by atoms with E-state index in [9.17, 15) is 4.79 Å². The van der Waals surface area contributed by atoms with Crippen LogP contribution >= 0.6 is 11.6 Å². The molecule has 1 aromatic rings. The SMILES string of the molecule is CC(C)C1CNCCCN1C(=O)c1ccc(Cl)cc1. The van der Waals surface area contributed by atoms with Gasteiger partial charge in [0.25, 0.3) is 5.91 Å². The van der Waals surface area contributed by atoms with Gasteiger partial charge in [-0.1, -0.05) is 25.4 Å². The van der Waals surface area contributed by atoms with Crippen molar-refractivity contribution in [1.82, 2.24) is 10.2 Å². The number of nitrogens with zero attached hydrogens (tertiary/aromatic N) is 1. The van der Waals surface area contributed by atoms with E-state index in [0.717, 1.165) is 31.6 Å². The molecule has 1 aliphatic rings. The number of halogens is 1. The van der Waals surface area contributed by atoms with Gasteiger partial charge < -0.3 is 10.2 Å². The minimum Gasteiger partial charge on any atom is -0.334 e. The van der Waals surface area contributed by atoms with Crippen LogP contribution in [0.1, 0.15) is 30.6 Å². The van der Waals surface area contributed by atoms with E-state index in [1.807, 2.05) is 4.90 Å². The highest BCUT2D eigenvalue weighted by molar-refractivity contribution is 6.30. The summed E-state index contributed by atoms with van der Waals surface area (Å²) < 4.78 is 0. The Morgan fingerprint density at radius 1 is 1.37 bits per heavy atom. The molecule has 0 bridgehead atoms. The summed E-state index contributed by atoms with van der Waals surface area (Å²) in [6.07, 6.45) is 1.00. The van der Waals surface area contributed by atoms with Gasteiger partial charge in [-0.25, -0.2) is 0 Å². The predicted molar refractivity (Wildman–Crippen MR) is 78.6 cm³/mol. The van der Waals surface area contributed by atoms with Gasteiger partial charge in [-0.05, 0) is 43.1 Å². The van der Waals surface area contributed by atoms with Crippen molar-refractivity contribution in [1.29, 1.82) is 0 Å². The molecule has 4 heteroatoms. The van der Waals surface area contributed by atoms with E-state index in [0.29, 0.717) is 10.9 Å². The summed E-state index contributed by atoms with van der Waals surface area (Å²) in [4.78, 5) is 14.6. The minimum atomic E-state index is 0.110. The van der Waals surface area contributed by atoms with Gasteiger partial charge >= 0.3 is 0 Å². The zero-order chi connectivity index (χ0) is 13.8. The van der Waals surface area contributed by atoms with E-state index < -0.39 is 0 Å². The van der Waals surface area contributed by atoms with Crippen LogP contribution in [-0.2, 0) is 0 Å². The van der Waals surface area contributed by atoms with Crippen molar-refractivity contribution in [2.75, 3.05) is 19.6 Å². The number of nitrogens with one attached hydrogen (secondary N) is 1. The fraction of sp³-hybridized carbons (Fsp3) is 0.533. The van der Waals surface area contributed by atoms with Crippen LogP contribution in [0, 0.1) is 5.92 Å². The van der Waals surface area contributed by atoms with Gasteiger partial charge in [0, 0.05) is 29.7 Å². The first-order chi connectivity index (χ1) is 9.09. The Morgan fingerprint density at radius 2 is 2.05 bits per heavy atom. The van der Waals surface area contributed by atoms with Crippen LogP contribution in [0.3, 0.4) is 0 Å². The Kier molecular flexibility index (Phi) is 4.83. The summed E-state index contributed by atoms with van der Waals surface area (Å²) >= 11 is 5.87. The molecule has 1 saturated heterocycles. The summed E-state index contributed by atoms with van der Waals surface area (Å²) in [5.74, 6) is 0.556. The van der Waals surface area contributed by atoms with Gasteiger partial charge in [0.05, 0.1) is 0 Å². The molecule has 1 aromatic carbocycles. The maximum Gasteiger partial charge on any atom is 0.254 e. The molecule has 3 nitrogen and oxygen atoms in total. The summed E-state index contributed by atoms with van der Waals surface area (Å²) in [5, 5.41) is 4.07. The van der Waals surface area contributed by atoms with Crippen molar-refractivity contribution < 1.29 is 4.79 Å². The van der Waals surface area contributed by atoms with Crippen molar-refractivity contribution in [3.05, 3.63) is 34.9 Å². The first-order valence-electron chi connectivity index (χ1n) is 6.87. The molecule has 0 spiro atoms. The molecule has 1 heterocycles. The normalized spacial score (nSPS) is 20.4. The highest BCUT2D eigenvalue weighted by atomic mass is 35.5. The lowest BCUT2D eigenvalue weighted by Gasteiger charge is -2.32. The lowest BCUT2D eigenvalue weighted by Crippen LogP contribution is -2.46. The van der Waals surface area contributed by atoms with Crippen LogP contribution in [0.15, 0.2) is 24.3 Å². The molecule has 1 N–H and O–H groups in total. The zero-order valence-electron chi connectivity index (χ0n) is 11.5. The summed E-state index contributed by atoms with van der Waals surface area (Å²) in [6.45, 7) is 7.00. The Morgan fingerprint density at radius 3 is 2.68 bits per heavy atom. The quantitative estimate of drug-likeness (QED) is 0.903. The van der Waals surface area contributed by atoms with Crippen LogP contribution in [0.4, 0.5) is 0 Å². The molecule has 1 fully saturated rings. The molecule has 2 rings (SSSR count). The number of carbonyl (C=O) groups is 1. The maximum atomic E-state index is 12.6. The Labute approximate surface area is 119 Å². The third-order valence-corrected chi connectivity index (χ3v) is 3.88. The lowest BCUT2D eigenvalue weighted by molar-refractivity contribution is 0.0646. The van der Waals surface area contributed by atoms with Gasteiger partial charge in [0.15, 0.2) is 0 Å². The van der Waals surface area contributed by atoms with Crippen LogP contribution in [-0.4, -0.2) is 36.5 Å². The molecular weight excluding hydrogens is 260 g/mol. The van der Waals surface area contributed by atoms with Crippen molar-refractivity contribution in [2.24, 2.45) is 5.92 Å². The van der Waals surface area contributed by atoms with Gasteiger partial charge in [0.1, 0.15) is 0 Å². The number of benzene rings is 1. The van der Waals surface area contributed by atoms with E-state index in [4.69, 9.17) is 11.6 Å². The fourth-order valence-electron chi connectivity index (χ4n) is 2.51. The number of rotatable bonds is 2. The first-order valence-corrected chi connectivity index (χ1v) is 7.24. The first kappa shape index (κ1) is 14.4. The number of hydrogen-bond acceptors (Lipinski definition) is 2. The van der Waals surface area contributed by atoms with Crippen LogP contribution in [0.5, 0.6) is 0 Å². The molecule has 1 unspecified atom stereocenters. The molecule has 19 heavy (non-hydrogen) atoms. The van der Waals surface area contributed by atoms with Crippen LogP contribution in [0.25, 0.3) is 0 Å². The van der Waals surface area contributed by atoms with Gasteiger partial charge in [-0.3, -0.25) is 4.79 Å². The van der Waals surface area contributed by atoms with Gasteiger partial charge in [-0.2, -0.15) is 0 Å². The average Bonchev–Trinajstić information content (AvgIpc) is 2.64. The van der Waals surface area contributed by atoms with Crippen molar-refractivity contribution in [3.63, 3.8) is 0 Å². The molecule has 0 radical (unpaired) electrons. The van der Waals surface area contributed by atoms with Crippen LogP contribution in [0.2, 0.25) is 5.02 Å². The molecule has 1 amide bonds. The smallest absolute Gasteiger partial charge is 0.254 e. The maximum absolute atomic E-state index is 12.6. The van der Waals surface area contributed by atoms with Crippen molar-refractivity contribution in [2.45, 2.75) is 26.3 Å². The van der Waals surface area contributed by atoms with Crippen molar-refractivity contribution >= 4 is 17.5 Å². The molecule has 104 valence electrons. The van der Waals surface area contributed by atoms with E-state index >= 15 is 0 Å². The highest BCUT2D eigenvalue weighted by Crippen LogP contribution is 2.18. The molecule has 0 aliphatic carbocycles. The zero-order valence-corrected chi connectivity index (χ0v) is 12.3. The predicted octanol–water partition coefficient (Wildman–Crippen LogP) is 2.80. The summed E-state index contributed by atoms with van der Waals surface area (Å²) in [5.41, 5.74) is 0.719. The second kappa shape index (κ2) is 6.40. The second-order valence-electron chi connectivity index (χ2n) is 5.37. The van der Waals surface area contributed by atoms with Crippen LogP contribution < -0.4 is 5.32 Å². The number of hydrogen-bond donors (Lipinski definition) is 1. The second-order valence-corrected chi connectivity index (χ2v) is 5.81. The standard InChI is InChI=1S/C15H21ClN2O/c1-11(2)14-10-17-8-3-9-18(14)15(19)12-4-6-13(16)7-5-12/h4-7,11,14,17H,3,8-10H2,1-2H3. The minimum absolute atomic E-state index is 0.110. The largest absolute Gasteiger partial charge is 0.334 e. The third-order valence-electron chi connectivity index (χ3n) is 3.63. The third kappa shape index (κ3) is 3.48. The van der Waals surface area contributed by atoms with Gasteiger partial charge in [0.2, 0.25) is 0 Å². The molecule has 1 atom stereocenters. The monoisotopic (exact) mass is 280 g/mol. The number of carbonyl (C=O) groups excluding carboxylic acids is 1. The Balaban J connectivity index is 2.20. The molecule has 0 saturated carbocycles. The summed E-state index contributed by atoms with van der Waals surface area (Å²) in [7, 11) is 0. The van der Waals surface area contributed by atoms with E-state index in [1.54, 1.807) is 24.3 Å². The van der Waals surface area contributed by atoms with Gasteiger partial charge in [-0.15, -0.1) is 0 Å². The molecule has 1 aliphatic heterocycles. The molecule has 0 aromatic heterocycles. The fourth-order valence-corrected chi connectivity index (χ4v) is 2.63.